The lowest BCUT2D eigenvalue weighted by molar-refractivity contribution is -0.131. The molecule has 1 aromatic heterocycles. The molecule has 1 aromatic rings. The van der Waals surface area contributed by atoms with Crippen LogP contribution < -0.4 is 5.32 Å². The van der Waals surface area contributed by atoms with E-state index in [4.69, 9.17) is 5.11 Å². The molecule has 1 heterocycles. The van der Waals surface area contributed by atoms with Gasteiger partial charge >= 0.3 is 5.97 Å². The highest BCUT2D eigenvalue weighted by molar-refractivity contribution is 7.98. The lowest BCUT2D eigenvalue weighted by atomic mass is 10.2. The highest BCUT2D eigenvalue weighted by Crippen LogP contribution is 2.09. The molecule has 0 radical (unpaired) electrons. The van der Waals surface area contributed by atoms with Crippen LogP contribution in [0.3, 0.4) is 0 Å². The van der Waals surface area contributed by atoms with Gasteiger partial charge in [0.2, 0.25) is 5.91 Å². The molecule has 0 fully saturated rings. The van der Waals surface area contributed by atoms with E-state index in [1.165, 1.54) is 12.3 Å². The number of nitrogens with one attached hydrogen (secondary N) is 1. The molecule has 6 heteroatoms. The van der Waals surface area contributed by atoms with Gasteiger partial charge in [0.1, 0.15) is 5.82 Å². The molecule has 0 spiro atoms. The van der Waals surface area contributed by atoms with Crippen molar-refractivity contribution < 1.29 is 14.7 Å². The molecule has 0 aliphatic rings. The summed E-state index contributed by atoms with van der Waals surface area (Å²) in [6, 6.07) is 3.29. The molecule has 1 rings (SSSR count). The van der Waals surface area contributed by atoms with Gasteiger partial charge < -0.3 is 10.4 Å². The van der Waals surface area contributed by atoms with E-state index in [1.54, 1.807) is 23.9 Å². The SMILES string of the molecule is CSCCC(=O)Nc1cc(/C=C/C(=O)O)ccn1. The van der Waals surface area contributed by atoms with Crippen LogP contribution in [0.2, 0.25) is 0 Å². The zero-order chi connectivity index (χ0) is 13.4. The number of aromatic nitrogens is 1. The number of amides is 1. The first-order valence-electron chi connectivity index (χ1n) is 5.27. The van der Waals surface area contributed by atoms with Crippen molar-refractivity contribution in [2.75, 3.05) is 17.3 Å². The minimum Gasteiger partial charge on any atom is -0.478 e. The van der Waals surface area contributed by atoms with Crippen LogP contribution in [0.4, 0.5) is 5.82 Å². The summed E-state index contributed by atoms with van der Waals surface area (Å²) in [5.41, 5.74) is 0.674. The average molecular weight is 266 g/mol. The van der Waals surface area contributed by atoms with E-state index in [1.807, 2.05) is 6.26 Å². The zero-order valence-corrected chi connectivity index (χ0v) is 10.7. The fourth-order valence-corrected chi connectivity index (χ4v) is 1.58. The second kappa shape index (κ2) is 7.50. The third-order valence-electron chi connectivity index (χ3n) is 2.00. The maximum Gasteiger partial charge on any atom is 0.328 e. The molecular formula is C12H14N2O3S. The zero-order valence-electron chi connectivity index (χ0n) is 9.92. The number of nitrogens with zero attached hydrogens (tertiary/aromatic N) is 1. The molecule has 2 N–H and O–H groups in total. The third-order valence-corrected chi connectivity index (χ3v) is 2.62. The number of carboxylic acid groups (broad SMARTS) is 1. The molecule has 0 atom stereocenters. The van der Waals surface area contributed by atoms with Gasteiger partial charge in [-0.25, -0.2) is 9.78 Å². The fraction of sp³-hybridized carbons (Fsp3) is 0.250. The van der Waals surface area contributed by atoms with Crippen molar-refractivity contribution in [2.24, 2.45) is 0 Å². The Bertz CT molecular complexity index is 460. The predicted molar refractivity (Wildman–Crippen MR) is 72.5 cm³/mol. The first kappa shape index (κ1) is 14.2. The van der Waals surface area contributed by atoms with Gasteiger partial charge in [-0.3, -0.25) is 4.79 Å². The smallest absolute Gasteiger partial charge is 0.328 e. The Morgan fingerprint density at radius 3 is 3.00 bits per heavy atom. The van der Waals surface area contributed by atoms with E-state index >= 15 is 0 Å². The van der Waals surface area contributed by atoms with Gasteiger partial charge in [-0.15, -0.1) is 0 Å². The highest BCUT2D eigenvalue weighted by atomic mass is 32.2. The average Bonchev–Trinajstić information content (AvgIpc) is 2.34. The maximum absolute atomic E-state index is 11.5. The maximum atomic E-state index is 11.5. The summed E-state index contributed by atoms with van der Waals surface area (Å²) in [7, 11) is 0. The number of pyridine rings is 1. The summed E-state index contributed by atoms with van der Waals surface area (Å²) >= 11 is 1.60. The minimum atomic E-state index is -1.02. The van der Waals surface area contributed by atoms with Crippen LogP contribution in [-0.2, 0) is 9.59 Å². The molecule has 1 amide bonds. The Morgan fingerprint density at radius 2 is 2.33 bits per heavy atom. The summed E-state index contributed by atoms with van der Waals surface area (Å²) in [5, 5.41) is 11.2. The van der Waals surface area contributed by atoms with Crippen LogP contribution in [-0.4, -0.2) is 34.0 Å². The van der Waals surface area contributed by atoms with Gasteiger partial charge in [-0.2, -0.15) is 11.8 Å². The first-order chi connectivity index (χ1) is 8.61. The minimum absolute atomic E-state index is 0.101. The first-order valence-corrected chi connectivity index (χ1v) is 6.67. The summed E-state index contributed by atoms with van der Waals surface area (Å²) in [6.07, 6.45) is 6.36. The number of rotatable bonds is 6. The van der Waals surface area contributed by atoms with Gasteiger partial charge in [0.05, 0.1) is 0 Å². The third kappa shape index (κ3) is 5.49. The number of hydrogen-bond donors (Lipinski definition) is 2. The molecule has 0 bridgehead atoms. The molecule has 0 aromatic carbocycles. The summed E-state index contributed by atoms with van der Waals surface area (Å²) in [4.78, 5) is 25.8. The molecule has 0 aliphatic carbocycles. The van der Waals surface area contributed by atoms with Crippen molar-refractivity contribution in [1.29, 1.82) is 0 Å². The molecule has 0 unspecified atom stereocenters. The van der Waals surface area contributed by atoms with Crippen molar-refractivity contribution in [1.82, 2.24) is 4.98 Å². The Balaban J connectivity index is 2.64. The van der Waals surface area contributed by atoms with Crippen molar-refractivity contribution in [3.8, 4) is 0 Å². The van der Waals surface area contributed by atoms with Crippen molar-refractivity contribution in [3.63, 3.8) is 0 Å². The Labute approximate surface area is 109 Å². The predicted octanol–water partition coefficient (Wildman–Crippen LogP) is 1.87. The largest absolute Gasteiger partial charge is 0.478 e. The van der Waals surface area contributed by atoms with E-state index in [-0.39, 0.29) is 5.91 Å². The van der Waals surface area contributed by atoms with Gasteiger partial charge in [-0.05, 0) is 30.0 Å². The number of aliphatic carboxylic acids is 1. The summed E-state index contributed by atoms with van der Waals surface area (Å²) < 4.78 is 0. The molecule has 0 aliphatic heterocycles. The van der Waals surface area contributed by atoms with Crippen molar-refractivity contribution in [3.05, 3.63) is 30.0 Å². The van der Waals surface area contributed by atoms with E-state index in [0.29, 0.717) is 17.8 Å². The highest BCUT2D eigenvalue weighted by Gasteiger charge is 2.02. The van der Waals surface area contributed by atoms with E-state index in [2.05, 4.69) is 10.3 Å². The van der Waals surface area contributed by atoms with Crippen LogP contribution in [0.5, 0.6) is 0 Å². The van der Waals surface area contributed by atoms with Crippen LogP contribution >= 0.6 is 11.8 Å². The van der Waals surface area contributed by atoms with Crippen molar-refractivity contribution >= 4 is 35.5 Å². The fourth-order valence-electron chi connectivity index (χ4n) is 1.19. The number of thioether (sulfide) groups is 1. The van der Waals surface area contributed by atoms with Gasteiger partial charge in [0.15, 0.2) is 0 Å². The monoisotopic (exact) mass is 266 g/mol. The van der Waals surface area contributed by atoms with Gasteiger partial charge in [0, 0.05) is 24.4 Å². The van der Waals surface area contributed by atoms with E-state index in [0.717, 1.165) is 11.8 Å². The standard InChI is InChI=1S/C12H14N2O3S/c1-18-7-5-11(15)14-10-8-9(4-6-13-10)2-3-12(16)17/h2-4,6,8H,5,7H2,1H3,(H,16,17)(H,13,14,15)/b3-2+. The number of carbonyl (C=O) groups excluding carboxylic acids is 1. The molecule has 96 valence electrons. The van der Waals surface area contributed by atoms with Crippen LogP contribution in [0.1, 0.15) is 12.0 Å². The van der Waals surface area contributed by atoms with E-state index < -0.39 is 5.97 Å². The summed E-state index contributed by atoms with van der Waals surface area (Å²) in [5.74, 6) is 0.0620. The van der Waals surface area contributed by atoms with Crippen molar-refractivity contribution in [2.45, 2.75) is 6.42 Å². The Hall–Kier alpha value is -1.82. The van der Waals surface area contributed by atoms with Gasteiger partial charge in [-0.1, -0.05) is 0 Å². The van der Waals surface area contributed by atoms with E-state index in [9.17, 15) is 9.59 Å². The second-order valence-electron chi connectivity index (χ2n) is 3.44. The number of anilines is 1. The van der Waals surface area contributed by atoms with Crippen LogP contribution in [0.25, 0.3) is 6.08 Å². The quantitative estimate of drug-likeness (QED) is 0.768. The molecule has 0 saturated heterocycles. The van der Waals surface area contributed by atoms with Crippen LogP contribution in [0, 0.1) is 0 Å². The van der Waals surface area contributed by atoms with Gasteiger partial charge in [0.25, 0.3) is 0 Å². The molecule has 0 saturated carbocycles. The van der Waals surface area contributed by atoms with Crippen LogP contribution in [0.15, 0.2) is 24.4 Å². The number of carboxylic acids is 1. The molecular weight excluding hydrogens is 252 g/mol. The normalized spacial score (nSPS) is 10.5. The molecule has 5 nitrogen and oxygen atoms in total. The number of hydrogen-bond acceptors (Lipinski definition) is 4. The summed E-state index contributed by atoms with van der Waals surface area (Å²) in [6.45, 7) is 0. The molecule has 18 heavy (non-hydrogen) atoms. The topological polar surface area (TPSA) is 79.3 Å². The Morgan fingerprint density at radius 1 is 1.56 bits per heavy atom. The number of carbonyl (C=O) groups is 2. The lowest BCUT2D eigenvalue weighted by Gasteiger charge is -2.04. The second-order valence-corrected chi connectivity index (χ2v) is 4.42. The lowest BCUT2D eigenvalue weighted by Crippen LogP contribution is -2.13. The Kier molecular flexibility index (Phi) is 5.93.